The number of benzene rings is 1. The molecule has 1 saturated heterocycles. The van der Waals surface area contributed by atoms with Crippen molar-refractivity contribution in [2.45, 2.75) is 18.9 Å². The zero-order chi connectivity index (χ0) is 19.8. The number of para-hydroxylation sites is 1. The molecule has 3 aromatic heterocycles. The second kappa shape index (κ2) is 7.05. The average Bonchev–Trinajstić information content (AvgIpc) is 3.18. The molecule has 1 aliphatic rings. The fourth-order valence-corrected chi connectivity index (χ4v) is 3.84. The number of amides is 1. The van der Waals surface area contributed by atoms with Crippen LogP contribution in [0.1, 0.15) is 12.8 Å². The maximum absolute atomic E-state index is 11.1. The van der Waals surface area contributed by atoms with Gasteiger partial charge in [-0.2, -0.15) is 0 Å². The van der Waals surface area contributed by atoms with Crippen molar-refractivity contribution in [1.82, 2.24) is 24.5 Å². The van der Waals surface area contributed by atoms with Gasteiger partial charge in [-0.05, 0) is 37.1 Å². The molecule has 8 heteroatoms. The zero-order valence-corrected chi connectivity index (χ0v) is 15.7. The predicted molar refractivity (Wildman–Crippen MR) is 110 cm³/mol. The van der Waals surface area contributed by atoms with Crippen molar-refractivity contribution >= 4 is 28.3 Å². The predicted octanol–water partition coefficient (Wildman–Crippen LogP) is 3.50. The number of hydrogen-bond donors (Lipinski definition) is 2. The van der Waals surface area contributed by atoms with Gasteiger partial charge in [0.2, 0.25) is 0 Å². The standard InChI is InChI=1S/C21H20N6O2/c28-21(29)26-12-9-15(10-13-26)22-16-5-3-4-14-7-8-17(23-19(14)16)20-25-24-18-6-1-2-11-27(18)20/h1-8,11,15,22H,9-10,12-13H2,(H,28,29). The molecule has 2 N–H and O–H groups in total. The second-order valence-corrected chi connectivity index (χ2v) is 7.21. The van der Waals surface area contributed by atoms with Crippen LogP contribution in [0.25, 0.3) is 28.1 Å². The van der Waals surface area contributed by atoms with Gasteiger partial charge < -0.3 is 15.3 Å². The number of aromatic nitrogens is 4. The first-order valence-electron chi connectivity index (χ1n) is 9.63. The minimum Gasteiger partial charge on any atom is -0.465 e. The molecular formula is C21H20N6O2. The molecular weight excluding hydrogens is 368 g/mol. The molecule has 0 spiro atoms. The van der Waals surface area contributed by atoms with Gasteiger partial charge in [-0.15, -0.1) is 10.2 Å². The molecule has 0 bridgehead atoms. The highest BCUT2D eigenvalue weighted by Crippen LogP contribution is 2.27. The van der Waals surface area contributed by atoms with Gasteiger partial charge in [-0.25, -0.2) is 9.78 Å². The summed E-state index contributed by atoms with van der Waals surface area (Å²) < 4.78 is 1.92. The van der Waals surface area contributed by atoms with Crippen LogP contribution in [0.15, 0.2) is 54.7 Å². The van der Waals surface area contributed by atoms with E-state index in [0.29, 0.717) is 18.9 Å². The molecule has 29 heavy (non-hydrogen) atoms. The van der Waals surface area contributed by atoms with Crippen LogP contribution in [0.2, 0.25) is 0 Å². The normalized spacial score (nSPS) is 15.1. The first kappa shape index (κ1) is 17.4. The Kier molecular flexibility index (Phi) is 4.23. The number of pyridine rings is 2. The molecule has 0 aliphatic carbocycles. The average molecular weight is 388 g/mol. The highest BCUT2D eigenvalue weighted by molar-refractivity contribution is 5.91. The molecule has 1 aliphatic heterocycles. The number of fused-ring (bicyclic) bond motifs is 2. The van der Waals surface area contributed by atoms with Crippen molar-refractivity contribution < 1.29 is 9.90 Å². The van der Waals surface area contributed by atoms with E-state index < -0.39 is 6.09 Å². The summed E-state index contributed by atoms with van der Waals surface area (Å²) in [6.07, 6.45) is 2.63. The number of likely N-dealkylation sites (tertiary alicyclic amines) is 1. The van der Waals surface area contributed by atoms with Crippen molar-refractivity contribution in [2.24, 2.45) is 0 Å². The largest absolute Gasteiger partial charge is 0.465 e. The topological polar surface area (TPSA) is 95.7 Å². The summed E-state index contributed by atoms with van der Waals surface area (Å²) in [5.41, 5.74) is 3.36. The monoisotopic (exact) mass is 388 g/mol. The number of carbonyl (C=O) groups is 1. The number of carboxylic acid groups (broad SMARTS) is 1. The lowest BCUT2D eigenvalue weighted by atomic mass is 10.0. The summed E-state index contributed by atoms with van der Waals surface area (Å²) in [6.45, 7) is 1.09. The Labute approximate surface area is 166 Å². The zero-order valence-electron chi connectivity index (χ0n) is 15.7. The van der Waals surface area contributed by atoms with E-state index >= 15 is 0 Å². The van der Waals surface area contributed by atoms with Crippen LogP contribution in [0.5, 0.6) is 0 Å². The molecule has 5 rings (SSSR count). The molecule has 1 aromatic carbocycles. The van der Waals surface area contributed by atoms with E-state index in [1.54, 1.807) is 0 Å². The van der Waals surface area contributed by atoms with Gasteiger partial charge in [0, 0.05) is 30.7 Å². The molecule has 1 amide bonds. The number of hydrogen-bond acceptors (Lipinski definition) is 5. The number of nitrogens with one attached hydrogen (secondary N) is 1. The summed E-state index contributed by atoms with van der Waals surface area (Å²) in [7, 11) is 0. The molecule has 146 valence electrons. The van der Waals surface area contributed by atoms with Gasteiger partial charge in [0.05, 0.1) is 11.2 Å². The van der Waals surface area contributed by atoms with Gasteiger partial charge in [-0.1, -0.05) is 24.3 Å². The van der Waals surface area contributed by atoms with E-state index in [9.17, 15) is 4.79 Å². The third-order valence-electron chi connectivity index (χ3n) is 5.39. The summed E-state index contributed by atoms with van der Waals surface area (Å²) in [4.78, 5) is 17.5. The quantitative estimate of drug-likeness (QED) is 0.558. The van der Waals surface area contributed by atoms with Crippen molar-refractivity contribution in [1.29, 1.82) is 0 Å². The Morgan fingerprint density at radius 2 is 1.90 bits per heavy atom. The third kappa shape index (κ3) is 3.22. The maximum Gasteiger partial charge on any atom is 0.407 e. The van der Waals surface area contributed by atoms with Crippen LogP contribution in [-0.4, -0.2) is 54.8 Å². The van der Waals surface area contributed by atoms with Crippen molar-refractivity contribution in [3.8, 4) is 11.5 Å². The van der Waals surface area contributed by atoms with Gasteiger partial charge >= 0.3 is 6.09 Å². The molecule has 1 fully saturated rings. The highest BCUT2D eigenvalue weighted by atomic mass is 16.4. The lowest BCUT2D eigenvalue weighted by Gasteiger charge is -2.31. The Morgan fingerprint density at radius 1 is 1.03 bits per heavy atom. The van der Waals surface area contributed by atoms with E-state index in [4.69, 9.17) is 10.1 Å². The Bertz CT molecular complexity index is 1200. The highest BCUT2D eigenvalue weighted by Gasteiger charge is 2.22. The van der Waals surface area contributed by atoms with Crippen LogP contribution >= 0.6 is 0 Å². The minimum absolute atomic E-state index is 0.218. The number of anilines is 1. The maximum atomic E-state index is 11.1. The Morgan fingerprint density at radius 3 is 2.72 bits per heavy atom. The van der Waals surface area contributed by atoms with E-state index in [0.717, 1.165) is 40.8 Å². The molecule has 8 nitrogen and oxygen atoms in total. The number of nitrogens with zero attached hydrogens (tertiary/aromatic N) is 5. The van der Waals surface area contributed by atoms with Gasteiger partial charge in [-0.3, -0.25) is 4.40 Å². The number of piperidine rings is 1. The second-order valence-electron chi connectivity index (χ2n) is 7.21. The minimum atomic E-state index is -0.847. The Hall–Kier alpha value is -3.68. The van der Waals surface area contributed by atoms with Crippen LogP contribution in [0.3, 0.4) is 0 Å². The van der Waals surface area contributed by atoms with Crippen molar-refractivity contribution in [3.05, 3.63) is 54.7 Å². The third-order valence-corrected chi connectivity index (χ3v) is 5.39. The fourth-order valence-electron chi connectivity index (χ4n) is 3.84. The van der Waals surface area contributed by atoms with E-state index in [1.165, 1.54) is 4.90 Å². The summed E-state index contributed by atoms with van der Waals surface area (Å²) >= 11 is 0. The van der Waals surface area contributed by atoms with Crippen molar-refractivity contribution in [3.63, 3.8) is 0 Å². The van der Waals surface area contributed by atoms with Gasteiger partial charge in [0.1, 0.15) is 5.69 Å². The first-order chi connectivity index (χ1) is 14.2. The van der Waals surface area contributed by atoms with E-state index in [1.807, 2.05) is 59.1 Å². The summed E-state index contributed by atoms with van der Waals surface area (Å²) in [6, 6.07) is 16.1. The lowest BCUT2D eigenvalue weighted by molar-refractivity contribution is 0.134. The smallest absolute Gasteiger partial charge is 0.407 e. The molecule has 0 radical (unpaired) electrons. The summed E-state index contributed by atoms with van der Waals surface area (Å²) in [5.74, 6) is 0.701. The van der Waals surface area contributed by atoms with Gasteiger partial charge in [0.15, 0.2) is 11.5 Å². The molecule has 0 unspecified atom stereocenters. The molecule has 4 heterocycles. The Balaban J connectivity index is 1.47. The van der Waals surface area contributed by atoms with Crippen LogP contribution in [0.4, 0.5) is 10.5 Å². The van der Waals surface area contributed by atoms with Crippen molar-refractivity contribution in [2.75, 3.05) is 18.4 Å². The lowest BCUT2D eigenvalue weighted by Crippen LogP contribution is -2.41. The first-order valence-corrected chi connectivity index (χ1v) is 9.63. The number of rotatable bonds is 3. The van der Waals surface area contributed by atoms with Gasteiger partial charge in [0.25, 0.3) is 0 Å². The van der Waals surface area contributed by atoms with Crippen LogP contribution in [-0.2, 0) is 0 Å². The van der Waals surface area contributed by atoms with Crippen LogP contribution in [0, 0.1) is 0 Å². The van der Waals surface area contributed by atoms with E-state index in [-0.39, 0.29) is 6.04 Å². The fraction of sp³-hybridized carbons (Fsp3) is 0.238. The summed E-state index contributed by atoms with van der Waals surface area (Å²) in [5, 5.41) is 22.3. The molecule has 0 saturated carbocycles. The van der Waals surface area contributed by atoms with E-state index in [2.05, 4.69) is 15.5 Å². The van der Waals surface area contributed by atoms with Crippen LogP contribution < -0.4 is 5.32 Å². The molecule has 0 atom stereocenters. The molecule has 4 aromatic rings. The SMILES string of the molecule is O=C(O)N1CCC(Nc2cccc3ccc(-c4nnc5ccccn45)nc23)CC1.